The average Bonchev–Trinajstić information content (AvgIpc) is 3.11. The first-order valence-corrected chi connectivity index (χ1v) is 10.9. The lowest BCUT2D eigenvalue weighted by Gasteiger charge is -2.18. The fourth-order valence-corrected chi connectivity index (χ4v) is 4.15. The number of likely N-dealkylation sites (N-methyl/N-ethyl adjacent to an activating group) is 1. The van der Waals surface area contributed by atoms with E-state index < -0.39 is 21.8 Å². The summed E-state index contributed by atoms with van der Waals surface area (Å²) in [5, 5.41) is 11.6. The van der Waals surface area contributed by atoms with E-state index in [1.165, 1.54) is 37.3 Å². The molecule has 1 heterocycles. The topological polar surface area (TPSA) is 138 Å². The van der Waals surface area contributed by atoms with Gasteiger partial charge in [-0.2, -0.15) is 18.2 Å². The summed E-state index contributed by atoms with van der Waals surface area (Å²) in [6.07, 6.45) is -4.66. The molecule has 3 aromatic rings. The number of nitrogens with one attached hydrogen (secondary N) is 4. The van der Waals surface area contributed by atoms with Gasteiger partial charge in [0.2, 0.25) is 21.9 Å². The van der Waals surface area contributed by atoms with Crippen molar-refractivity contribution in [2.75, 3.05) is 31.2 Å². The van der Waals surface area contributed by atoms with Crippen LogP contribution >= 0.6 is 0 Å². The minimum absolute atomic E-state index is 0.0207. The molecule has 3 rings (SSSR count). The molecule has 0 unspecified atom stereocenters. The van der Waals surface area contributed by atoms with Crippen molar-refractivity contribution in [3.05, 3.63) is 47.5 Å². The fourth-order valence-electron chi connectivity index (χ4n) is 3.12. The Morgan fingerprint density at radius 2 is 1.81 bits per heavy atom. The van der Waals surface area contributed by atoms with Crippen LogP contribution in [0.25, 0.3) is 11.1 Å². The van der Waals surface area contributed by atoms with E-state index in [4.69, 9.17) is 5.73 Å². The van der Waals surface area contributed by atoms with Crippen LogP contribution in [-0.2, 0) is 16.2 Å². The number of nitrogens with two attached hydrogens (primary N) is 1. The maximum Gasteiger partial charge on any atom is 0.417 e. The molecule has 0 saturated heterocycles. The van der Waals surface area contributed by atoms with Gasteiger partial charge >= 0.3 is 6.18 Å². The van der Waals surface area contributed by atoms with Crippen LogP contribution in [0.4, 0.5) is 30.8 Å². The van der Waals surface area contributed by atoms with Gasteiger partial charge in [-0.15, -0.1) is 5.10 Å². The molecule has 172 valence electrons. The monoisotopic (exact) mass is 469 g/mol. The maximum atomic E-state index is 13.9. The Bertz CT molecular complexity index is 1190. The van der Waals surface area contributed by atoms with E-state index in [0.717, 1.165) is 6.07 Å². The van der Waals surface area contributed by atoms with Crippen molar-refractivity contribution in [1.82, 2.24) is 25.2 Å². The van der Waals surface area contributed by atoms with Gasteiger partial charge in [0.1, 0.15) is 0 Å². The van der Waals surface area contributed by atoms with Gasteiger partial charge in [-0.05, 0) is 54.9 Å². The molecule has 0 amide bonds. The first kappa shape index (κ1) is 23.5. The Labute approximate surface area is 182 Å². The van der Waals surface area contributed by atoms with E-state index in [-0.39, 0.29) is 40.2 Å². The number of aromatic amines is 1. The van der Waals surface area contributed by atoms with E-state index >= 15 is 0 Å². The van der Waals surface area contributed by atoms with Crippen LogP contribution in [0, 0.1) is 6.92 Å². The Hall–Kier alpha value is -3.16. The van der Waals surface area contributed by atoms with Crippen molar-refractivity contribution >= 4 is 27.6 Å². The second-order valence-electron chi connectivity index (χ2n) is 6.91. The molecule has 0 bridgehead atoms. The van der Waals surface area contributed by atoms with E-state index in [2.05, 4.69) is 30.5 Å². The summed E-state index contributed by atoms with van der Waals surface area (Å²) in [7, 11) is -2.08. The van der Waals surface area contributed by atoms with Gasteiger partial charge in [0.05, 0.1) is 10.5 Å². The Kier molecular flexibility index (Phi) is 6.71. The van der Waals surface area contributed by atoms with Crippen molar-refractivity contribution in [1.29, 1.82) is 0 Å². The number of hydrogen-bond acceptors (Lipinski definition) is 7. The zero-order valence-electron chi connectivity index (χ0n) is 17.2. The standard InChI is InChI=1S/C19H22F3N7O2S/c1-11-9-13(26-18-27-17(23)28-29-18)10-15(19(20,21)22)16(11)12-3-5-14(6-4-12)32(30,31)25-8-7-24-2/h3-6,9-10,24-25H,7-8H2,1-2H3,(H4,23,26,27,28,29). The molecule has 32 heavy (non-hydrogen) atoms. The van der Waals surface area contributed by atoms with E-state index in [0.29, 0.717) is 12.1 Å². The summed E-state index contributed by atoms with van der Waals surface area (Å²) in [5.41, 5.74) is 5.20. The lowest BCUT2D eigenvalue weighted by Crippen LogP contribution is -2.30. The number of aryl methyl sites for hydroxylation is 1. The Morgan fingerprint density at radius 3 is 2.38 bits per heavy atom. The lowest BCUT2D eigenvalue weighted by molar-refractivity contribution is -0.137. The van der Waals surface area contributed by atoms with Crippen LogP contribution in [0.15, 0.2) is 41.3 Å². The van der Waals surface area contributed by atoms with Gasteiger partial charge < -0.3 is 16.4 Å². The summed E-state index contributed by atoms with van der Waals surface area (Å²) in [4.78, 5) is 3.78. The van der Waals surface area contributed by atoms with Crippen molar-refractivity contribution in [3.63, 3.8) is 0 Å². The first-order chi connectivity index (χ1) is 15.0. The smallest absolute Gasteiger partial charge is 0.368 e. The third-order valence-electron chi connectivity index (χ3n) is 4.52. The molecule has 0 atom stereocenters. The molecule has 0 radical (unpaired) electrons. The van der Waals surface area contributed by atoms with Gasteiger partial charge in [0, 0.05) is 18.8 Å². The summed E-state index contributed by atoms with van der Waals surface area (Å²) >= 11 is 0. The quantitative estimate of drug-likeness (QED) is 0.320. The number of benzene rings is 2. The van der Waals surface area contributed by atoms with E-state index in [1.807, 2.05) is 0 Å². The van der Waals surface area contributed by atoms with Gasteiger partial charge in [-0.3, -0.25) is 0 Å². The zero-order valence-corrected chi connectivity index (χ0v) is 18.0. The van der Waals surface area contributed by atoms with Gasteiger partial charge in [-0.1, -0.05) is 12.1 Å². The first-order valence-electron chi connectivity index (χ1n) is 9.42. The highest BCUT2D eigenvalue weighted by atomic mass is 32.2. The molecule has 0 aliphatic heterocycles. The minimum atomic E-state index is -4.66. The number of anilines is 3. The highest BCUT2D eigenvalue weighted by Gasteiger charge is 2.35. The fraction of sp³-hybridized carbons (Fsp3) is 0.263. The number of sulfonamides is 1. The number of halogens is 3. The van der Waals surface area contributed by atoms with Gasteiger partial charge in [0.25, 0.3) is 0 Å². The van der Waals surface area contributed by atoms with Crippen molar-refractivity contribution in [2.24, 2.45) is 0 Å². The molecule has 0 aliphatic carbocycles. The number of H-pyrrole nitrogens is 1. The van der Waals surface area contributed by atoms with Crippen molar-refractivity contribution in [2.45, 2.75) is 18.0 Å². The number of nitrogen functional groups attached to an aromatic ring is 1. The SMILES string of the molecule is CNCCNS(=O)(=O)c1ccc(-c2c(C)cc(Nc3n[nH]c(N)n3)cc2C(F)(F)F)cc1. The van der Waals surface area contributed by atoms with Crippen LogP contribution < -0.4 is 21.1 Å². The van der Waals surface area contributed by atoms with E-state index in [1.54, 1.807) is 7.05 Å². The predicted octanol–water partition coefficient (Wildman–Crippen LogP) is 2.62. The zero-order chi connectivity index (χ0) is 23.5. The summed E-state index contributed by atoms with van der Waals surface area (Å²) < 4.78 is 68.7. The molecule has 0 spiro atoms. The summed E-state index contributed by atoms with van der Waals surface area (Å²) in [6, 6.07) is 7.72. The molecular formula is C19H22F3N7O2S. The third kappa shape index (κ3) is 5.36. The van der Waals surface area contributed by atoms with E-state index in [9.17, 15) is 21.6 Å². The predicted molar refractivity (Wildman–Crippen MR) is 115 cm³/mol. The second-order valence-corrected chi connectivity index (χ2v) is 8.68. The molecule has 6 N–H and O–H groups in total. The van der Waals surface area contributed by atoms with Crippen molar-refractivity contribution in [3.8, 4) is 11.1 Å². The largest absolute Gasteiger partial charge is 0.417 e. The number of rotatable bonds is 8. The number of hydrogen-bond donors (Lipinski definition) is 5. The summed E-state index contributed by atoms with van der Waals surface area (Å²) in [6.45, 7) is 2.15. The molecule has 1 aromatic heterocycles. The number of aromatic nitrogens is 3. The molecule has 0 fully saturated rings. The number of nitrogens with zero attached hydrogens (tertiary/aromatic N) is 2. The second kappa shape index (κ2) is 9.14. The minimum Gasteiger partial charge on any atom is -0.368 e. The van der Waals surface area contributed by atoms with Gasteiger partial charge in [0.15, 0.2) is 0 Å². The molecule has 9 nitrogen and oxygen atoms in total. The normalized spacial score (nSPS) is 12.2. The molecule has 13 heteroatoms. The highest BCUT2D eigenvalue weighted by molar-refractivity contribution is 7.89. The van der Waals surface area contributed by atoms with Crippen molar-refractivity contribution < 1.29 is 21.6 Å². The van der Waals surface area contributed by atoms with Crippen LogP contribution in [0.3, 0.4) is 0 Å². The van der Waals surface area contributed by atoms with Crippen LogP contribution in [-0.4, -0.2) is 43.7 Å². The Balaban J connectivity index is 1.98. The molecule has 2 aromatic carbocycles. The van der Waals surface area contributed by atoms with Gasteiger partial charge in [-0.25, -0.2) is 18.2 Å². The highest BCUT2D eigenvalue weighted by Crippen LogP contribution is 2.41. The van der Waals surface area contributed by atoms with Crippen LogP contribution in [0.1, 0.15) is 11.1 Å². The van der Waals surface area contributed by atoms with Crippen LogP contribution in [0.5, 0.6) is 0 Å². The summed E-state index contributed by atoms with van der Waals surface area (Å²) in [5.74, 6) is 0.0514. The average molecular weight is 469 g/mol. The Morgan fingerprint density at radius 1 is 1.12 bits per heavy atom. The molecule has 0 aliphatic rings. The molecular weight excluding hydrogens is 447 g/mol. The van der Waals surface area contributed by atoms with Crippen LogP contribution in [0.2, 0.25) is 0 Å². The number of alkyl halides is 3. The lowest BCUT2D eigenvalue weighted by atomic mass is 9.94. The third-order valence-corrected chi connectivity index (χ3v) is 6.00. The molecule has 0 saturated carbocycles. The maximum absolute atomic E-state index is 13.9.